The van der Waals surface area contributed by atoms with E-state index in [-0.39, 0.29) is 5.41 Å². The Bertz CT molecular complexity index is 696. The summed E-state index contributed by atoms with van der Waals surface area (Å²) in [6.45, 7) is 1.96. The van der Waals surface area contributed by atoms with Gasteiger partial charge in [0, 0.05) is 22.9 Å². The van der Waals surface area contributed by atoms with Gasteiger partial charge in [0.05, 0.1) is 11.8 Å². The van der Waals surface area contributed by atoms with Crippen LogP contribution in [0.4, 0.5) is 0 Å². The summed E-state index contributed by atoms with van der Waals surface area (Å²) in [5.74, 6) is 0.578. The van der Waals surface area contributed by atoms with Crippen LogP contribution in [0, 0.1) is 5.41 Å². The number of rotatable bonds is 1. The zero-order valence-electron chi connectivity index (χ0n) is 13.6. The van der Waals surface area contributed by atoms with Gasteiger partial charge in [-0.05, 0) is 38.2 Å². The zero-order chi connectivity index (χ0) is 16.2. The molecule has 2 spiro atoms. The van der Waals surface area contributed by atoms with Crippen molar-refractivity contribution in [3.05, 3.63) is 35.4 Å². The third kappa shape index (κ3) is 1.92. The van der Waals surface area contributed by atoms with Crippen molar-refractivity contribution in [3.8, 4) is 0 Å². The van der Waals surface area contributed by atoms with Gasteiger partial charge in [0.25, 0.3) is 0 Å². The number of halogens is 1. The fourth-order valence-corrected chi connectivity index (χ4v) is 5.75. The number of hydrogen-bond donors (Lipinski definition) is 1. The Morgan fingerprint density at radius 2 is 2.09 bits per heavy atom. The SMILES string of the molecule is COC1CCC2(Cc3ccccc3C23N=C(C)C(N)=N3)C(Br)C1. The van der Waals surface area contributed by atoms with Crippen molar-refractivity contribution in [2.75, 3.05) is 7.11 Å². The van der Waals surface area contributed by atoms with Gasteiger partial charge in [-0.3, -0.25) is 4.99 Å². The Hall–Kier alpha value is -1.20. The number of methoxy groups -OCH3 is 1. The summed E-state index contributed by atoms with van der Waals surface area (Å²) in [7, 11) is 1.80. The summed E-state index contributed by atoms with van der Waals surface area (Å²) in [5, 5.41) is 0. The number of alkyl halides is 1. The molecule has 4 rings (SSSR count). The number of fused-ring (bicyclic) bond motifs is 3. The predicted molar refractivity (Wildman–Crippen MR) is 96.4 cm³/mol. The van der Waals surface area contributed by atoms with Gasteiger partial charge in [0.1, 0.15) is 5.84 Å². The quantitative estimate of drug-likeness (QED) is 0.766. The lowest BCUT2D eigenvalue weighted by Gasteiger charge is -2.48. The minimum absolute atomic E-state index is 0.0614. The van der Waals surface area contributed by atoms with E-state index in [1.54, 1.807) is 7.11 Å². The molecule has 0 aromatic heterocycles. The molecule has 2 aliphatic carbocycles. The van der Waals surface area contributed by atoms with Gasteiger partial charge >= 0.3 is 0 Å². The molecule has 0 amide bonds. The van der Waals surface area contributed by atoms with E-state index in [1.165, 1.54) is 11.1 Å². The number of benzene rings is 1. The van der Waals surface area contributed by atoms with Gasteiger partial charge in [-0.1, -0.05) is 40.2 Å². The third-order valence-electron chi connectivity index (χ3n) is 5.89. The Balaban J connectivity index is 1.89. The van der Waals surface area contributed by atoms with Gasteiger partial charge in [0.15, 0.2) is 5.66 Å². The monoisotopic (exact) mass is 375 g/mol. The summed E-state index contributed by atoms with van der Waals surface area (Å²) in [6, 6.07) is 8.57. The first-order chi connectivity index (χ1) is 11.0. The molecule has 1 fully saturated rings. The molecule has 4 nitrogen and oxygen atoms in total. The van der Waals surface area contributed by atoms with E-state index in [0.29, 0.717) is 16.8 Å². The van der Waals surface area contributed by atoms with Gasteiger partial charge in [0.2, 0.25) is 0 Å². The molecule has 0 radical (unpaired) electrons. The van der Waals surface area contributed by atoms with Crippen LogP contribution in [-0.4, -0.2) is 29.6 Å². The van der Waals surface area contributed by atoms with E-state index in [2.05, 4.69) is 40.2 Å². The summed E-state index contributed by atoms with van der Waals surface area (Å²) < 4.78 is 5.61. The molecule has 122 valence electrons. The topological polar surface area (TPSA) is 60.0 Å². The number of nitrogens with two attached hydrogens (primary N) is 1. The van der Waals surface area contributed by atoms with Gasteiger partial charge in [-0.2, -0.15) is 0 Å². The molecule has 4 atom stereocenters. The maximum Gasteiger partial charge on any atom is 0.185 e. The van der Waals surface area contributed by atoms with Crippen LogP contribution in [0.15, 0.2) is 34.3 Å². The average molecular weight is 376 g/mol. The molecule has 4 unspecified atom stereocenters. The van der Waals surface area contributed by atoms with E-state index >= 15 is 0 Å². The highest BCUT2D eigenvalue weighted by Gasteiger charge is 2.64. The van der Waals surface area contributed by atoms with Gasteiger partial charge < -0.3 is 10.5 Å². The molecule has 0 bridgehead atoms. The number of ether oxygens (including phenoxy) is 1. The molecule has 1 saturated carbocycles. The first-order valence-electron chi connectivity index (χ1n) is 8.20. The van der Waals surface area contributed by atoms with Gasteiger partial charge in [-0.15, -0.1) is 0 Å². The molecule has 23 heavy (non-hydrogen) atoms. The smallest absolute Gasteiger partial charge is 0.185 e. The average Bonchev–Trinajstić information content (AvgIpc) is 2.99. The normalized spacial score (nSPS) is 38.7. The fraction of sp³-hybridized carbons (Fsp3) is 0.556. The molecule has 1 aromatic carbocycles. The van der Waals surface area contributed by atoms with Gasteiger partial charge in [-0.25, -0.2) is 4.99 Å². The molecule has 1 heterocycles. The standard InChI is InChI=1S/C18H22BrN3O/c1-11-16(20)22-18(21-11)14-6-4-3-5-12(14)10-17(18)8-7-13(23-2)9-15(17)19/h3-6,13,15H,7-10H2,1-2H3,(H2,20,22). The van der Waals surface area contributed by atoms with Crippen molar-refractivity contribution in [2.45, 2.75) is 49.2 Å². The second-order valence-corrected chi connectivity index (χ2v) is 8.06. The van der Waals surface area contributed by atoms with Crippen LogP contribution in [0.5, 0.6) is 0 Å². The largest absolute Gasteiger partial charge is 0.382 e. The zero-order valence-corrected chi connectivity index (χ0v) is 15.1. The molecule has 2 N–H and O–H groups in total. The summed E-state index contributed by atoms with van der Waals surface area (Å²) in [5.41, 5.74) is 8.96. The maximum absolute atomic E-state index is 6.16. The predicted octanol–water partition coefficient (Wildman–Crippen LogP) is 3.18. The lowest BCUT2D eigenvalue weighted by molar-refractivity contribution is 0.00693. The second kappa shape index (κ2) is 5.15. The second-order valence-electron chi connectivity index (χ2n) is 6.96. The summed E-state index contributed by atoms with van der Waals surface area (Å²) in [6.07, 6.45) is 4.35. The molecular weight excluding hydrogens is 354 g/mol. The Morgan fingerprint density at radius 1 is 1.30 bits per heavy atom. The van der Waals surface area contributed by atoms with E-state index in [1.807, 2.05) is 6.92 Å². The molecule has 1 aromatic rings. The van der Waals surface area contributed by atoms with E-state index in [4.69, 9.17) is 20.5 Å². The molecule has 0 saturated heterocycles. The highest BCUT2D eigenvalue weighted by molar-refractivity contribution is 9.09. The lowest BCUT2D eigenvalue weighted by atomic mass is 9.65. The van der Waals surface area contributed by atoms with Crippen LogP contribution in [0.3, 0.4) is 0 Å². The van der Waals surface area contributed by atoms with Crippen molar-refractivity contribution >= 4 is 27.5 Å². The van der Waals surface area contributed by atoms with E-state index < -0.39 is 5.66 Å². The summed E-state index contributed by atoms with van der Waals surface area (Å²) >= 11 is 3.98. The van der Waals surface area contributed by atoms with Crippen molar-refractivity contribution in [1.82, 2.24) is 0 Å². The summed E-state index contributed by atoms with van der Waals surface area (Å²) in [4.78, 5) is 10.3. The highest BCUT2D eigenvalue weighted by atomic mass is 79.9. The van der Waals surface area contributed by atoms with E-state index in [0.717, 1.165) is 31.4 Å². The molecular formula is C18H22BrN3O. The number of aliphatic imine (C=N–C) groups is 2. The van der Waals surface area contributed by atoms with Crippen LogP contribution >= 0.6 is 15.9 Å². The number of amidine groups is 1. The first kappa shape index (κ1) is 15.3. The van der Waals surface area contributed by atoms with Crippen molar-refractivity contribution in [1.29, 1.82) is 0 Å². The van der Waals surface area contributed by atoms with Crippen LogP contribution in [0.2, 0.25) is 0 Å². The molecule has 5 heteroatoms. The molecule has 1 aliphatic heterocycles. The van der Waals surface area contributed by atoms with Crippen molar-refractivity contribution in [2.24, 2.45) is 21.1 Å². The fourth-order valence-electron chi connectivity index (χ4n) is 4.62. The minimum atomic E-state index is -0.565. The van der Waals surface area contributed by atoms with Crippen molar-refractivity contribution < 1.29 is 4.74 Å². The maximum atomic E-state index is 6.16. The van der Waals surface area contributed by atoms with Crippen LogP contribution in [-0.2, 0) is 16.8 Å². The Morgan fingerprint density at radius 3 is 2.74 bits per heavy atom. The third-order valence-corrected chi connectivity index (χ3v) is 7.14. The highest BCUT2D eigenvalue weighted by Crippen LogP contribution is 2.63. The number of hydrogen-bond acceptors (Lipinski definition) is 4. The Kier molecular flexibility index (Phi) is 3.43. The minimum Gasteiger partial charge on any atom is -0.382 e. The lowest BCUT2D eigenvalue weighted by Crippen LogP contribution is -2.50. The number of nitrogens with zero attached hydrogens (tertiary/aromatic N) is 2. The van der Waals surface area contributed by atoms with Crippen molar-refractivity contribution in [3.63, 3.8) is 0 Å². The van der Waals surface area contributed by atoms with Crippen LogP contribution in [0.25, 0.3) is 0 Å². The molecule has 3 aliphatic rings. The van der Waals surface area contributed by atoms with E-state index in [9.17, 15) is 0 Å². The van der Waals surface area contributed by atoms with Crippen LogP contribution in [0.1, 0.15) is 37.3 Å². The Labute approximate surface area is 145 Å². The first-order valence-corrected chi connectivity index (χ1v) is 9.11. The van der Waals surface area contributed by atoms with Crippen LogP contribution < -0.4 is 5.73 Å².